The lowest BCUT2D eigenvalue weighted by atomic mass is 9.97. The number of aliphatic hydroxyl groups is 2. The van der Waals surface area contributed by atoms with Gasteiger partial charge in [-0.05, 0) is 35.2 Å². The Kier molecular flexibility index (Phi) is 5.16. The van der Waals surface area contributed by atoms with Crippen molar-refractivity contribution in [3.63, 3.8) is 0 Å². The molecule has 0 spiro atoms. The number of halogens is 2. The van der Waals surface area contributed by atoms with Gasteiger partial charge in [0.15, 0.2) is 6.29 Å². The zero-order chi connectivity index (χ0) is 18.1. The topological polar surface area (TPSA) is 60.8 Å². The number of carbonyl (C=O) groups is 1. The van der Waals surface area contributed by atoms with Gasteiger partial charge in [0.2, 0.25) is 5.91 Å². The molecular formula is C19H17Cl2NO3. The Labute approximate surface area is 155 Å². The number of rotatable bonds is 5. The SMILES string of the molecule is C=CCc1cccc2c1N(Cc1ccc(Cl)cc1Cl)C(=O)C2C(O)O. The highest BCUT2D eigenvalue weighted by molar-refractivity contribution is 6.35. The molecule has 0 saturated heterocycles. The number of nitrogens with zero attached hydrogens (tertiary/aromatic N) is 1. The Morgan fingerprint density at radius 2 is 1.96 bits per heavy atom. The van der Waals surface area contributed by atoms with Gasteiger partial charge in [-0.25, -0.2) is 0 Å². The number of hydrogen-bond donors (Lipinski definition) is 2. The summed E-state index contributed by atoms with van der Waals surface area (Å²) in [5, 5.41) is 20.4. The molecule has 25 heavy (non-hydrogen) atoms. The zero-order valence-electron chi connectivity index (χ0n) is 13.3. The van der Waals surface area contributed by atoms with Crippen molar-refractivity contribution in [2.45, 2.75) is 25.2 Å². The van der Waals surface area contributed by atoms with Gasteiger partial charge in [-0.2, -0.15) is 0 Å². The van der Waals surface area contributed by atoms with Gasteiger partial charge < -0.3 is 15.1 Å². The van der Waals surface area contributed by atoms with Crippen LogP contribution in [-0.2, 0) is 17.8 Å². The number of allylic oxidation sites excluding steroid dienone is 1. The molecular weight excluding hydrogens is 361 g/mol. The average Bonchev–Trinajstić information content (AvgIpc) is 2.83. The minimum Gasteiger partial charge on any atom is -0.367 e. The second-order valence-electron chi connectivity index (χ2n) is 5.90. The van der Waals surface area contributed by atoms with Crippen LogP contribution in [0.1, 0.15) is 22.6 Å². The van der Waals surface area contributed by atoms with Crippen molar-refractivity contribution in [2.75, 3.05) is 4.90 Å². The molecule has 0 aliphatic carbocycles. The molecule has 130 valence electrons. The highest BCUT2D eigenvalue weighted by atomic mass is 35.5. The second-order valence-corrected chi connectivity index (χ2v) is 6.74. The van der Waals surface area contributed by atoms with Gasteiger partial charge in [-0.15, -0.1) is 6.58 Å². The van der Waals surface area contributed by atoms with Crippen LogP contribution in [0.5, 0.6) is 0 Å². The van der Waals surface area contributed by atoms with Crippen LogP contribution in [0.3, 0.4) is 0 Å². The Bertz CT molecular complexity index is 835. The van der Waals surface area contributed by atoms with Gasteiger partial charge in [0, 0.05) is 10.0 Å². The quantitative estimate of drug-likeness (QED) is 0.617. The van der Waals surface area contributed by atoms with E-state index in [1.807, 2.05) is 6.07 Å². The lowest BCUT2D eigenvalue weighted by Crippen LogP contribution is -2.33. The fraction of sp³-hybridized carbons (Fsp3) is 0.211. The molecule has 0 fully saturated rings. The molecule has 0 bridgehead atoms. The molecule has 1 unspecified atom stereocenters. The molecule has 1 atom stereocenters. The van der Waals surface area contributed by atoms with E-state index in [9.17, 15) is 15.0 Å². The maximum absolute atomic E-state index is 12.9. The van der Waals surface area contributed by atoms with E-state index < -0.39 is 12.2 Å². The Morgan fingerprint density at radius 3 is 2.60 bits per heavy atom. The number of carbonyl (C=O) groups excluding carboxylic acids is 1. The molecule has 0 saturated carbocycles. The predicted octanol–water partition coefficient (Wildman–Crippen LogP) is 3.66. The van der Waals surface area contributed by atoms with Crippen molar-refractivity contribution in [3.05, 3.63) is 75.8 Å². The van der Waals surface area contributed by atoms with Crippen LogP contribution in [0.4, 0.5) is 5.69 Å². The van der Waals surface area contributed by atoms with Gasteiger partial charge in [0.25, 0.3) is 0 Å². The largest absolute Gasteiger partial charge is 0.367 e. The second kappa shape index (κ2) is 7.18. The smallest absolute Gasteiger partial charge is 0.240 e. The van der Waals surface area contributed by atoms with Crippen molar-refractivity contribution in [2.24, 2.45) is 0 Å². The van der Waals surface area contributed by atoms with Crippen LogP contribution in [0.25, 0.3) is 0 Å². The van der Waals surface area contributed by atoms with Gasteiger partial charge in [-0.3, -0.25) is 4.79 Å². The fourth-order valence-electron chi connectivity index (χ4n) is 3.19. The molecule has 3 rings (SSSR count). The van der Waals surface area contributed by atoms with Crippen LogP contribution in [0, 0.1) is 0 Å². The summed E-state index contributed by atoms with van der Waals surface area (Å²) < 4.78 is 0. The maximum atomic E-state index is 12.9. The summed E-state index contributed by atoms with van der Waals surface area (Å²) in [6.45, 7) is 3.97. The first-order valence-corrected chi connectivity index (χ1v) is 8.53. The molecule has 1 aliphatic rings. The maximum Gasteiger partial charge on any atom is 0.240 e. The van der Waals surface area contributed by atoms with E-state index in [2.05, 4.69) is 6.58 Å². The molecule has 2 aromatic rings. The fourth-order valence-corrected chi connectivity index (χ4v) is 3.66. The predicted molar refractivity (Wildman–Crippen MR) is 99.0 cm³/mol. The summed E-state index contributed by atoms with van der Waals surface area (Å²) in [6.07, 6.45) is 0.544. The van der Waals surface area contributed by atoms with Crippen molar-refractivity contribution in [1.29, 1.82) is 0 Å². The van der Waals surface area contributed by atoms with E-state index in [-0.39, 0.29) is 12.5 Å². The monoisotopic (exact) mass is 377 g/mol. The average molecular weight is 378 g/mol. The van der Waals surface area contributed by atoms with Crippen LogP contribution in [0.2, 0.25) is 10.0 Å². The number of anilines is 1. The number of amides is 1. The molecule has 1 aliphatic heterocycles. The van der Waals surface area contributed by atoms with Crippen molar-refractivity contribution in [3.8, 4) is 0 Å². The van der Waals surface area contributed by atoms with Gasteiger partial charge in [0.1, 0.15) is 5.92 Å². The Morgan fingerprint density at radius 1 is 1.20 bits per heavy atom. The lowest BCUT2D eigenvalue weighted by Gasteiger charge is -2.21. The molecule has 6 heteroatoms. The van der Waals surface area contributed by atoms with Crippen molar-refractivity contribution in [1.82, 2.24) is 0 Å². The molecule has 1 amide bonds. The standard InChI is InChI=1S/C19H17Cl2NO3/c1-2-4-11-5-3-6-14-16(19(24)25)18(23)22(17(11)14)10-12-7-8-13(20)9-15(12)21/h2-3,5-9,16,19,24-25H,1,4,10H2. The summed E-state index contributed by atoms with van der Waals surface area (Å²) in [6, 6.07) is 10.5. The number of fused-ring (bicyclic) bond motifs is 1. The van der Waals surface area contributed by atoms with Gasteiger partial charge >= 0.3 is 0 Å². The number of para-hydroxylation sites is 1. The molecule has 0 aromatic heterocycles. The zero-order valence-corrected chi connectivity index (χ0v) is 14.8. The van der Waals surface area contributed by atoms with Crippen molar-refractivity contribution >= 4 is 34.8 Å². The van der Waals surface area contributed by atoms with Crippen LogP contribution in [0.15, 0.2) is 49.1 Å². The van der Waals surface area contributed by atoms with E-state index in [1.165, 1.54) is 0 Å². The van der Waals surface area contributed by atoms with E-state index in [0.29, 0.717) is 27.7 Å². The van der Waals surface area contributed by atoms with Crippen molar-refractivity contribution < 1.29 is 15.0 Å². The summed E-state index contributed by atoms with van der Waals surface area (Å²) in [5.74, 6) is -1.38. The van der Waals surface area contributed by atoms with E-state index >= 15 is 0 Å². The first kappa shape index (κ1) is 18.0. The minimum atomic E-state index is -1.77. The van der Waals surface area contributed by atoms with E-state index in [1.54, 1.807) is 41.3 Å². The highest BCUT2D eigenvalue weighted by Gasteiger charge is 2.42. The first-order valence-electron chi connectivity index (χ1n) is 7.78. The molecule has 1 heterocycles. The summed E-state index contributed by atoms with van der Waals surface area (Å²) in [4.78, 5) is 14.4. The summed E-state index contributed by atoms with van der Waals surface area (Å²) in [7, 11) is 0. The van der Waals surface area contributed by atoms with Crippen LogP contribution < -0.4 is 4.90 Å². The number of hydrogen-bond acceptors (Lipinski definition) is 3. The summed E-state index contributed by atoms with van der Waals surface area (Å²) in [5.41, 5.74) is 2.92. The first-order chi connectivity index (χ1) is 11.9. The highest BCUT2D eigenvalue weighted by Crippen LogP contribution is 2.42. The number of benzene rings is 2. The Hall–Kier alpha value is -1.85. The van der Waals surface area contributed by atoms with E-state index in [0.717, 1.165) is 11.1 Å². The normalized spacial score (nSPS) is 16.4. The minimum absolute atomic E-state index is 0.221. The number of aliphatic hydroxyl groups excluding tert-OH is 1. The van der Waals surface area contributed by atoms with Crippen LogP contribution >= 0.6 is 23.2 Å². The molecule has 0 radical (unpaired) electrons. The molecule has 2 N–H and O–H groups in total. The third-order valence-corrected chi connectivity index (χ3v) is 4.88. The lowest BCUT2D eigenvalue weighted by molar-refractivity contribution is -0.130. The van der Waals surface area contributed by atoms with Gasteiger partial charge in [-0.1, -0.05) is 53.5 Å². The van der Waals surface area contributed by atoms with Gasteiger partial charge in [0.05, 0.1) is 12.2 Å². The van der Waals surface area contributed by atoms with Crippen LogP contribution in [-0.4, -0.2) is 22.4 Å². The Balaban J connectivity index is 2.08. The van der Waals surface area contributed by atoms with E-state index in [4.69, 9.17) is 23.2 Å². The molecule has 2 aromatic carbocycles. The third kappa shape index (κ3) is 3.31. The summed E-state index contributed by atoms with van der Waals surface area (Å²) >= 11 is 12.2. The molecule has 4 nitrogen and oxygen atoms in total. The third-order valence-electron chi connectivity index (χ3n) is 4.29.